The molecule has 0 bridgehead atoms. The second-order valence-electron chi connectivity index (χ2n) is 4.99. The van der Waals surface area contributed by atoms with Crippen molar-refractivity contribution in [2.45, 2.75) is 19.6 Å². The first-order valence-electron chi connectivity index (χ1n) is 7.53. The zero-order valence-electron chi connectivity index (χ0n) is 13.6. The number of amides is 3. The SMILES string of the molecule is C[C@@H](Oc1ccccc1)C(=O)OCC(=O)NC(=O)NCc1ccco1. The summed E-state index contributed by atoms with van der Waals surface area (Å²) in [5, 5.41) is 4.47. The normalized spacial score (nSPS) is 11.2. The van der Waals surface area contributed by atoms with Crippen LogP contribution in [0.25, 0.3) is 0 Å². The Labute approximate surface area is 144 Å². The highest BCUT2D eigenvalue weighted by Crippen LogP contribution is 2.11. The summed E-state index contributed by atoms with van der Waals surface area (Å²) in [7, 11) is 0. The molecular weight excluding hydrogens is 328 g/mol. The van der Waals surface area contributed by atoms with Gasteiger partial charge in [-0.25, -0.2) is 9.59 Å². The van der Waals surface area contributed by atoms with Crippen LogP contribution in [0.2, 0.25) is 0 Å². The summed E-state index contributed by atoms with van der Waals surface area (Å²) in [6.07, 6.45) is 0.584. The molecule has 0 aliphatic rings. The molecule has 1 atom stereocenters. The van der Waals surface area contributed by atoms with Crippen LogP contribution in [0.15, 0.2) is 53.1 Å². The number of carbonyl (C=O) groups is 3. The van der Waals surface area contributed by atoms with Gasteiger partial charge in [0.2, 0.25) is 0 Å². The number of hydrogen-bond donors (Lipinski definition) is 2. The Morgan fingerprint density at radius 3 is 2.56 bits per heavy atom. The molecule has 132 valence electrons. The number of ether oxygens (including phenoxy) is 2. The van der Waals surface area contributed by atoms with Gasteiger partial charge >= 0.3 is 12.0 Å². The Morgan fingerprint density at radius 2 is 1.88 bits per heavy atom. The topological polar surface area (TPSA) is 107 Å². The first-order chi connectivity index (χ1) is 12.0. The maximum Gasteiger partial charge on any atom is 0.347 e. The number of imide groups is 1. The summed E-state index contributed by atoms with van der Waals surface area (Å²) in [5.41, 5.74) is 0. The average Bonchev–Trinajstić information content (AvgIpc) is 3.12. The summed E-state index contributed by atoms with van der Waals surface area (Å²) in [5.74, 6) is -0.415. The number of carbonyl (C=O) groups excluding carboxylic acids is 3. The zero-order valence-corrected chi connectivity index (χ0v) is 13.6. The minimum absolute atomic E-state index is 0.133. The van der Waals surface area contributed by atoms with Gasteiger partial charge in [0, 0.05) is 0 Å². The Kier molecular flexibility index (Phi) is 6.58. The van der Waals surface area contributed by atoms with Gasteiger partial charge in [-0.05, 0) is 31.2 Å². The van der Waals surface area contributed by atoms with E-state index in [2.05, 4.69) is 5.32 Å². The fraction of sp³-hybridized carbons (Fsp3) is 0.235. The highest BCUT2D eigenvalue weighted by Gasteiger charge is 2.18. The van der Waals surface area contributed by atoms with Gasteiger partial charge in [-0.1, -0.05) is 18.2 Å². The van der Waals surface area contributed by atoms with E-state index in [-0.39, 0.29) is 6.54 Å². The molecule has 0 saturated carbocycles. The predicted molar refractivity (Wildman–Crippen MR) is 86.6 cm³/mol. The Bertz CT molecular complexity index is 699. The van der Waals surface area contributed by atoms with Crippen molar-refractivity contribution >= 4 is 17.9 Å². The van der Waals surface area contributed by atoms with Gasteiger partial charge in [0.25, 0.3) is 5.91 Å². The van der Waals surface area contributed by atoms with Crippen molar-refractivity contribution in [1.29, 1.82) is 0 Å². The van der Waals surface area contributed by atoms with Crippen LogP contribution in [0.1, 0.15) is 12.7 Å². The van der Waals surface area contributed by atoms with E-state index in [9.17, 15) is 14.4 Å². The van der Waals surface area contributed by atoms with Gasteiger partial charge in [-0.3, -0.25) is 10.1 Å². The number of benzene rings is 1. The van der Waals surface area contributed by atoms with Crippen molar-refractivity contribution in [3.8, 4) is 5.75 Å². The highest BCUT2D eigenvalue weighted by molar-refractivity contribution is 5.95. The molecule has 2 aromatic rings. The fourth-order valence-electron chi connectivity index (χ4n) is 1.79. The summed E-state index contributed by atoms with van der Waals surface area (Å²) in [6, 6.07) is 11.4. The van der Waals surface area contributed by atoms with Gasteiger partial charge in [-0.2, -0.15) is 0 Å². The third-order valence-electron chi connectivity index (χ3n) is 2.99. The largest absolute Gasteiger partial charge is 0.479 e. The van der Waals surface area contributed by atoms with E-state index in [1.807, 2.05) is 11.4 Å². The van der Waals surface area contributed by atoms with E-state index in [1.165, 1.54) is 13.2 Å². The quantitative estimate of drug-likeness (QED) is 0.738. The lowest BCUT2D eigenvalue weighted by Gasteiger charge is -2.13. The van der Waals surface area contributed by atoms with Crippen molar-refractivity contribution in [3.63, 3.8) is 0 Å². The van der Waals surface area contributed by atoms with Crippen LogP contribution in [0.5, 0.6) is 5.75 Å². The molecular formula is C17H18N2O6. The van der Waals surface area contributed by atoms with Crippen molar-refractivity contribution in [2.24, 2.45) is 0 Å². The Balaban J connectivity index is 1.66. The molecule has 1 aromatic carbocycles. The van der Waals surface area contributed by atoms with Crippen molar-refractivity contribution in [1.82, 2.24) is 10.6 Å². The van der Waals surface area contributed by atoms with Gasteiger partial charge in [0.15, 0.2) is 12.7 Å². The lowest BCUT2D eigenvalue weighted by atomic mass is 10.3. The zero-order chi connectivity index (χ0) is 18.1. The summed E-state index contributed by atoms with van der Waals surface area (Å²) >= 11 is 0. The molecule has 0 spiro atoms. The van der Waals surface area contributed by atoms with E-state index < -0.39 is 30.6 Å². The number of urea groups is 1. The third-order valence-corrected chi connectivity index (χ3v) is 2.99. The standard InChI is InChI=1S/C17H18N2O6/c1-12(25-13-6-3-2-4-7-13)16(21)24-11-15(20)19-17(22)18-10-14-8-5-9-23-14/h2-9,12H,10-11H2,1H3,(H2,18,19,20,22)/t12-/m1/s1. The molecule has 2 rings (SSSR count). The molecule has 0 unspecified atom stereocenters. The van der Waals surface area contributed by atoms with Crippen LogP contribution in [0, 0.1) is 0 Å². The van der Waals surface area contributed by atoms with Crippen LogP contribution >= 0.6 is 0 Å². The Hall–Kier alpha value is -3.29. The van der Waals surface area contributed by atoms with Crippen LogP contribution in [0.4, 0.5) is 4.79 Å². The number of para-hydroxylation sites is 1. The molecule has 8 nitrogen and oxygen atoms in total. The van der Waals surface area contributed by atoms with Crippen molar-refractivity contribution in [3.05, 3.63) is 54.5 Å². The van der Waals surface area contributed by atoms with E-state index in [4.69, 9.17) is 13.9 Å². The van der Waals surface area contributed by atoms with Crippen LogP contribution in [-0.2, 0) is 20.9 Å². The van der Waals surface area contributed by atoms with E-state index >= 15 is 0 Å². The summed E-state index contributed by atoms with van der Waals surface area (Å²) in [6.45, 7) is 1.05. The summed E-state index contributed by atoms with van der Waals surface area (Å²) < 4.78 is 15.2. The molecule has 3 amide bonds. The number of hydrogen-bond acceptors (Lipinski definition) is 6. The molecule has 0 aliphatic carbocycles. The highest BCUT2D eigenvalue weighted by atomic mass is 16.6. The number of rotatable bonds is 7. The first-order valence-corrected chi connectivity index (χ1v) is 7.53. The maximum atomic E-state index is 11.8. The first kappa shape index (κ1) is 18.1. The van der Waals surface area contributed by atoms with Crippen molar-refractivity contribution < 1.29 is 28.3 Å². The summed E-state index contributed by atoms with van der Waals surface area (Å²) in [4.78, 5) is 34.9. The lowest BCUT2D eigenvalue weighted by molar-refractivity contribution is -0.154. The molecule has 2 N–H and O–H groups in total. The fourth-order valence-corrected chi connectivity index (χ4v) is 1.79. The molecule has 25 heavy (non-hydrogen) atoms. The molecule has 1 aromatic heterocycles. The van der Waals surface area contributed by atoms with Crippen molar-refractivity contribution in [2.75, 3.05) is 6.61 Å². The monoisotopic (exact) mass is 346 g/mol. The molecule has 8 heteroatoms. The lowest BCUT2D eigenvalue weighted by Crippen LogP contribution is -2.41. The van der Waals surface area contributed by atoms with E-state index in [1.54, 1.807) is 36.4 Å². The number of furan rings is 1. The van der Waals surface area contributed by atoms with Gasteiger partial charge in [0.1, 0.15) is 11.5 Å². The van der Waals surface area contributed by atoms with Crippen LogP contribution in [-0.4, -0.2) is 30.6 Å². The second-order valence-corrected chi connectivity index (χ2v) is 4.99. The minimum Gasteiger partial charge on any atom is -0.479 e. The minimum atomic E-state index is -0.886. The van der Waals surface area contributed by atoms with E-state index in [0.717, 1.165) is 0 Å². The number of esters is 1. The van der Waals surface area contributed by atoms with Gasteiger partial charge in [-0.15, -0.1) is 0 Å². The van der Waals surface area contributed by atoms with E-state index in [0.29, 0.717) is 11.5 Å². The molecule has 0 saturated heterocycles. The Morgan fingerprint density at radius 1 is 1.12 bits per heavy atom. The van der Waals surface area contributed by atoms with Crippen LogP contribution < -0.4 is 15.4 Å². The second kappa shape index (κ2) is 9.11. The van der Waals surface area contributed by atoms with Gasteiger partial charge in [0.05, 0.1) is 12.8 Å². The number of nitrogens with one attached hydrogen (secondary N) is 2. The molecule has 1 heterocycles. The smallest absolute Gasteiger partial charge is 0.347 e. The molecule has 0 fully saturated rings. The van der Waals surface area contributed by atoms with Crippen LogP contribution in [0.3, 0.4) is 0 Å². The molecule has 0 radical (unpaired) electrons. The van der Waals surface area contributed by atoms with Gasteiger partial charge < -0.3 is 19.2 Å². The maximum absolute atomic E-state index is 11.8. The average molecular weight is 346 g/mol. The molecule has 0 aliphatic heterocycles. The predicted octanol–water partition coefficient (Wildman–Crippen LogP) is 1.62. The third kappa shape index (κ3) is 6.38.